The van der Waals surface area contributed by atoms with Gasteiger partial charge in [0.1, 0.15) is 30.5 Å². The Hall–Kier alpha value is -1.16. The third-order valence-electron chi connectivity index (χ3n) is 9.39. The Bertz CT molecular complexity index is 978. The molecule has 1 aliphatic rings. The fraction of sp³-hybridized carbons (Fsp3) is 0.923. The lowest BCUT2D eigenvalue weighted by Crippen LogP contribution is -2.60. The molecule has 12 nitrogen and oxygen atoms in total. The second-order valence-corrected chi connectivity index (χ2v) is 15.3. The van der Waals surface area contributed by atoms with E-state index in [9.17, 15) is 28.5 Å². The van der Waals surface area contributed by atoms with E-state index in [0.29, 0.717) is 13.0 Å². The Morgan fingerprint density at radius 1 is 0.712 bits per heavy atom. The summed E-state index contributed by atoms with van der Waals surface area (Å²) in [5.74, 6) is -0.407. The van der Waals surface area contributed by atoms with Crippen LogP contribution < -0.4 is 0 Å². The maximum atomic E-state index is 12.8. The van der Waals surface area contributed by atoms with Gasteiger partial charge in [-0.1, -0.05) is 135 Å². The van der Waals surface area contributed by atoms with Crippen molar-refractivity contribution in [3.05, 3.63) is 12.2 Å². The van der Waals surface area contributed by atoms with Crippen LogP contribution in [0.15, 0.2) is 12.2 Å². The van der Waals surface area contributed by atoms with Gasteiger partial charge in [-0.15, -0.1) is 0 Å². The molecule has 0 aromatic rings. The van der Waals surface area contributed by atoms with Gasteiger partial charge in [0.25, 0.3) is 0 Å². The molecule has 1 rings (SSSR count). The third-order valence-corrected chi connectivity index (χ3v) is 9.85. The molecule has 308 valence electrons. The van der Waals surface area contributed by atoms with Crippen LogP contribution >= 0.6 is 0 Å². The summed E-state index contributed by atoms with van der Waals surface area (Å²) in [6.45, 7) is 3.95. The molecule has 1 aliphatic heterocycles. The smallest absolute Gasteiger partial charge is 0.397 e. The first kappa shape index (κ1) is 48.9. The predicted molar refractivity (Wildman–Crippen MR) is 202 cm³/mol. The number of esters is 1. The molecular weight excluding hydrogens is 692 g/mol. The SMILES string of the molecule is CCCCCCCCC/C=C\CCCCCCCC(=O)OC(COCCCCCCCCCCC)COC1OC(CO)C(O)C(OS(=O)(=O)O)C1O. The minimum Gasteiger partial charge on any atom is -0.457 e. The molecule has 0 amide bonds. The zero-order chi connectivity index (χ0) is 38.3. The van der Waals surface area contributed by atoms with E-state index in [2.05, 4.69) is 30.2 Å². The van der Waals surface area contributed by atoms with Crippen LogP contribution in [0.2, 0.25) is 0 Å². The van der Waals surface area contributed by atoms with Crippen molar-refractivity contribution in [3.8, 4) is 0 Å². The zero-order valence-electron chi connectivity index (χ0n) is 32.4. The molecule has 1 fully saturated rings. The summed E-state index contributed by atoms with van der Waals surface area (Å²) in [6.07, 6.45) is 22.6. The van der Waals surface area contributed by atoms with Gasteiger partial charge in [0, 0.05) is 13.0 Å². The molecule has 6 atom stereocenters. The minimum absolute atomic E-state index is 0.0368. The van der Waals surface area contributed by atoms with Crippen LogP contribution in [0.3, 0.4) is 0 Å². The van der Waals surface area contributed by atoms with Crippen LogP contribution in [0.25, 0.3) is 0 Å². The summed E-state index contributed by atoms with van der Waals surface area (Å²) in [5, 5.41) is 30.5. The van der Waals surface area contributed by atoms with Gasteiger partial charge < -0.3 is 34.3 Å². The van der Waals surface area contributed by atoms with Crippen molar-refractivity contribution in [2.24, 2.45) is 0 Å². The molecule has 0 bridgehead atoms. The Labute approximate surface area is 315 Å². The van der Waals surface area contributed by atoms with Crippen LogP contribution in [0, 0.1) is 0 Å². The second-order valence-electron chi connectivity index (χ2n) is 14.2. The van der Waals surface area contributed by atoms with E-state index in [-0.39, 0.29) is 19.6 Å². The summed E-state index contributed by atoms with van der Waals surface area (Å²) in [4.78, 5) is 12.8. The molecule has 13 heteroatoms. The Morgan fingerprint density at radius 3 is 1.73 bits per heavy atom. The summed E-state index contributed by atoms with van der Waals surface area (Å²) in [6, 6.07) is 0. The normalized spacial score (nSPS) is 21.5. The van der Waals surface area contributed by atoms with Gasteiger partial charge in [0.05, 0.1) is 19.8 Å². The molecule has 0 aromatic heterocycles. The summed E-state index contributed by atoms with van der Waals surface area (Å²) < 4.78 is 58.8. The van der Waals surface area contributed by atoms with Gasteiger partial charge in [-0.25, -0.2) is 4.18 Å². The predicted octanol–water partition coefficient (Wildman–Crippen LogP) is 7.52. The highest BCUT2D eigenvalue weighted by molar-refractivity contribution is 7.80. The molecule has 1 saturated heterocycles. The number of aliphatic hydroxyl groups excluding tert-OH is 3. The number of rotatable bonds is 35. The number of ether oxygens (including phenoxy) is 4. The van der Waals surface area contributed by atoms with Crippen molar-refractivity contribution in [1.29, 1.82) is 0 Å². The largest absolute Gasteiger partial charge is 0.457 e. The Balaban J connectivity index is 2.46. The van der Waals surface area contributed by atoms with Gasteiger partial charge >= 0.3 is 16.4 Å². The highest BCUT2D eigenvalue weighted by atomic mass is 32.3. The number of carbonyl (C=O) groups excluding carboxylic acids is 1. The Kier molecular flexibility index (Phi) is 30.2. The fourth-order valence-corrected chi connectivity index (χ4v) is 6.76. The lowest BCUT2D eigenvalue weighted by atomic mass is 9.99. The highest BCUT2D eigenvalue weighted by Crippen LogP contribution is 2.26. The maximum absolute atomic E-state index is 12.8. The first-order valence-electron chi connectivity index (χ1n) is 20.4. The monoisotopic (exact) mass is 766 g/mol. The van der Waals surface area contributed by atoms with Crippen LogP contribution in [0.5, 0.6) is 0 Å². The van der Waals surface area contributed by atoms with Gasteiger partial charge in [0.2, 0.25) is 0 Å². The molecule has 1 heterocycles. The van der Waals surface area contributed by atoms with Crippen LogP contribution in [-0.2, 0) is 38.3 Å². The summed E-state index contributed by atoms with van der Waals surface area (Å²) >= 11 is 0. The van der Waals surface area contributed by atoms with Crippen molar-refractivity contribution in [3.63, 3.8) is 0 Å². The third kappa shape index (κ3) is 25.8. The van der Waals surface area contributed by atoms with Crippen molar-refractivity contribution in [1.82, 2.24) is 0 Å². The lowest BCUT2D eigenvalue weighted by molar-refractivity contribution is -0.301. The number of hydrogen-bond acceptors (Lipinski definition) is 11. The number of carbonyl (C=O) groups is 1. The van der Waals surface area contributed by atoms with Crippen molar-refractivity contribution in [2.45, 2.75) is 205 Å². The van der Waals surface area contributed by atoms with E-state index in [0.717, 1.165) is 57.8 Å². The molecule has 0 radical (unpaired) electrons. The van der Waals surface area contributed by atoms with E-state index in [4.69, 9.17) is 23.5 Å². The molecule has 6 unspecified atom stereocenters. The molecule has 0 spiro atoms. The summed E-state index contributed by atoms with van der Waals surface area (Å²) in [7, 11) is -5.05. The van der Waals surface area contributed by atoms with E-state index < -0.39 is 59.8 Å². The van der Waals surface area contributed by atoms with E-state index in [1.165, 1.54) is 83.5 Å². The molecule has 0 aromatic carbocycles. The number of allylic oxidation sites excluding steroid dienone is 2. The number of aliphatic hydroxyl groups is 3. The van der Waals surface area contributed by atoms with Gasteiger partial charge in [-0.05, 0) is 38.5 Å². The van der Waals surface area contributed by atoms with Crippen molar-refractivity contribution >= 4 is 16.4 Å². The average molecular weight is 767 g/mol. The molecule has 4 N–H and O–H groups in total. The highest BCUT2D eigenvalue weighted by Gasteiger charge is 2.48. The van der Waals surface area contributed by atoms with Crippen LogP contribution in [-0.4, -0.2) is 97.5 Å². The number of hydrogen-bond donors (Lipinski definition) is 4. The molecule has 0 aliphatic carbocycles. The number of unbranched alkanes of at least 4 members (excludes halogenated alkanes) is 20. The van der Waals surface area contributed by atoms with E-state index >= 15 is 0 Å². The molecule has 0 saturated carbocycles. The summed E-state index contributed by atoms with van der Waals surface area (Å²) in [5.41, 5.74) is 0. The fourth-order valence-electron chi connectivity index (χ4n) is 6.25. The minimum atomic E-state index is -5.05. The first-order valence-corrected chi connectivity index (χ1v) is 21.8. The van der Waals surface area contributed by atoms with E-state index in [1.54, 1.807) is 0 Å². The van der Waals surface area contributed by atoms with Crippen LogP contribution in [0.4, 0.5) is 0 Å². The molecule has 52 heavy (non-hydrogen) atoms. The zero-order valence-corrected chi connectivity index (χ0v) is 33.2. The average Bonchev–Trinajstić information content (AvgIpc) is 3.11. The van der Waals surface area contributed by atoms with Crippen molar-refractivity contribution in [2.75, 3.05) is 26.4 Å². The van der Waals surface area contributed by atoms with Gasteiger partial charge in [-0.3, -0.25) is 9.35 Å². The topological polar surface area (TPSA) is 178 Å². The maximum Gasteiger partial charge on any atom is 0.397 e. The standard InChI is InChI=1S/C39H74O12S/c1-3-5-7-9-11-13-14-15-16-17-18-19-20-22-24-26-28-35(41)49-33(31-47-29-27-25-23-21-12-10-8-6-4-2)32-48-39-37(43)38(51-52(44,45)46)36(42)34(30-40)50-39/h16-17,33-34,36-40,42-43H,3-15,18-32H2,1-2H3,(H,44,45,46)/b17-16-. The molecular formula is C39H74O12S. The lowest BCUT2D eigenvalue weighted by Gasteiger charge is -2.41. The second kappa shape index (κ2) is 32.1. The Morgan fingerprint density at radius 2 is 1.21 bits per heavy atom. The quantitative estimate of drug-likeness (QED) is 0.0216. The van der Waals surface area contributed by atoms with E-state index in [1.807, 2.05) is 0 Å². The van der Waals surface area contributed by atoms with Crippen LogP contribution in [0.1, 0.15) is 168 Å². The van der Waals surface area contributed by atoms with Gasteiger partial charge in [-0.2, -0.15) is 8.42 Å². The first-order chi connectivity index (χ1) is 25.1. The van der Waals surface area contributed by atoms with Gasteiger partial charge in [0.15, 0.2) is 6.29 Å². The van der Waals surface area contributed by atoms with Crippen molar-refractivity contribution < 1.29 is 56.2 Å².